The number of carboxylic acid groups (broad SMARTS) is 1. The van der Waals surface area contributed by atoms with Gasteiger partial charge >= 0.3 is 12.0 Å². The molecule has 1 heterocycles. The van der Waals surface area contributed by atoms with E-state index in [1.54, 1.807) is 0 Å². The lowest BCUT2D eigenvalue weighted by Crippen LogP contribution is -2.47. The van der Waals surface area contributed by atoms with E-state index in [0.29, 0.717) is 24.8 Å². The maximum atomic E-state index is 12.3. The Kier molecular flexibility index (Phi) is 3.61. The van der Waals surface area contributed by atoms with Crippen LogP contribution in [0.15, 0.2) is 0 Å². The Hall–Kier alpha value is -1.26. The van der Waals surface area contributed by atoms with Crippen LogP contribution in [0.4, 0.5) is 4.79 Å². The predicted molar refractivity (Wildman–Crippen MR) is 74.4 cm³/mol. The van der Waals surface area contributed by atoms with Crippen LogP contribution in [0.3, 0.4) is 0 Å². The van der Waals surface area contributed by atoms with E-state index in [9.17, 15) is 9.59 Å². The highest BCUT2D eigenvalue weighted by Gasteiger charge is 2.50. The molecule has 3 rings (SSSR count). The van der Waals surface area contributed by atoms with Crippen LogP contribution in [0, 0.1) is 11.3 Å². The smallest absolute Gasteiger partial charge is 0.317 e. The van der Waals surface area contributed by atoms with E-state index in [0.717, 1.165) is 19.4 Å². The highest BCUT2D eigenvalue weighted by molar-refractivity contribution is 5.80. The van der Waals surface area contributed by atoms with E-state index in [-0.39, 0.29) is 12.6 Å². The standard InChI is InChI=1S/C15H24N2O3/c18-13(19)15(7-8-15)10-16-14(20)17-9-3-6-12(17)11-4-1-2-5-11/h11-12H,1-10H2,(H,16,20)(H,18,19). The number of carbonyl (C=O) groups excluding carboxylic acids is 1. The summed E-state index contributed by atoms with van der Waals surface area (Å²) in [7, 11) is 0. The van der Waals surface area contributed by atoms with Gasteiger partial charge in [-0.15, -0.1) is 0 Å². The zero-order valence-corrected chi connectivity index (χ0v) is 11.9. The molecule has 2 saturated carbocycles. The van der Waals surface area contributed by atoms with Gasteiger partial charge in [-0.25, -0.2) is 4.79 Å². The van der Waals surface area contributed by atoms with E-state index < -0.39 is 11.4 Å². The van der Waals surface area contributed by atoms with Gasteiger partial charge < -0.3 is 15.3 Å². The Morgan fingerprint density at radius 3 is 2.45 bits per heavy atom. The Balaban J connectivity index is 1.54. The quantitative estimate of drug-likeness (QED) is 0.829. The van der Waals surface area contributed by atoms with Crippen LogP contribution in [0.25, 0.3) is 0 Å². The molecule has 1 atom stereocenters. The first kappa shape index (κ1) is 13.7. The van der Waals surface area contributed by atoms with Crippen molar-refractivity contribution in [1.29, 1.82) is 0 Å². The molecule has 0 aromatic heterocycles. The van der Waals surface area contributed by atoms with E-state index in [2.05, 4.69) is 5.32 Å². The zero-order chi connectivity index (χ0) is 14.2. The molecular weight excluding hydrogens is 256 g/mol. The molecule has 0 aromatic rings. The molecule has 112 valence electrons. The molecule has 3 fully saturated rings. The third kappa shape index (κ3) is 2.50. The van der Waals surface area contributed by atoms with Crippen LogP contribution in [-0.2, 0) is 4.79 Å². The molecule has 0 radical (unpaired) electrons. The summed E-state index contributed by atoms with van der Waals surface area (Å²) in [5.41, 5.74) is -0.668. The maximum Gasteiger partial charge on any atom is 0.317 e. The molecule has 0 aromatic carbocycles. The van der Waals surface area contributed by atoms with Crippen molar-refractivity contribution in [3.05, 3.63) is 0 Å². The zero-order valence-electron chi connectivity index (χ0n) is 11.9. The van der Waals surface area contributed by atoms with E-state index in [1.165, 1.54) is 25.7 Å². The minimum atomic E-state index is -0.772. The van der Waals surface area contributed by atoms with Crippen molar-refractivity contribution in [3.8, 4) is 0 Å². The summed E-state index contributed by atoms with van der Waals surface area (Å²) in [5, 5.41) is 12.0. The van der Waals surface area contributed by atoms with Crippen molar-refractivity contribution < 1.29 is 14.7 Å². The van der Waals surface area contributed by atoms with Crippen molar-refractivity contribution in [2.75, 3.05) is 13.1 Å². The Bertz CT molecular complexity index is 400. The predicted octanol–water partition coefficient (Wildman–Crippen LogP) is 2.22. The summed E-state index contributed by atoms with van der Waals surface area (Å²) in [4.78, 5) is 25.4. The molecule has 2 aliphatic carbocycles. The van der Waals surface area contributed by atoms with Gasteiger partial charge in [0, 0.05) is 19.1 Å². The number of nitrogens with one attached hydrogen (secondary N) is 1. The molecule has 0 bridgehead atoms. The van der Waals surface area contributed by atoms with Crippen LogP contribution in [0.5, 0.6) is 0 Å². The molecule has 2 amide bonds. The molecule has 2 N–H and O–H groups in total. The first-order chi connectivity index (χ1) is 9.62. The fraction of sp³-hybridized carbons (Fsp3) is 0.867. The average Bonchev–Trinajstić information content (AvgIpc) is 2.87. The molecule has 1 unspecified atom stereocenters. The summed E-state index contributed by atoms with van der Waals surface area (Å²) in [5.74, 6) is -0.107. The van der Waals surface area contributed by atoms with Crippen LogP contribution in [0.1, 0.15) is 51.4 Å². The second kappa shape index (κ2) is 5.26. The molecule has 3 aliphatic rings. The van der Waals surface area contributed by atoms with Crippen LogP contribution in [0.2, 0.25) is 0 Å². The minimum absolute atomic E-state index is 0.0491. The molecule has 1 saturated heterocycles. The average molecular weight is 280 g/mol. The summed E-state index contributed by atoms with van der Waals surface area (Å²) in [6, 6.07) is 0.337. The molecule has 1 aliphatic heterocycles. The lowest BCUT2D eigenvalue weighted by Gasteiger charge is -2.30. The van der Waals surface area contributed by atoms with E-state index in [4.69, 9.17) is 5.11 Å². The van der Waals surface area contributed by atoms with Crippen molar-refractivity contribution in [2.24, 2.45) is 11.3 Å². The number of hydrogen-bond acceptors (Lipinski definition) is 2. The van der Waals surface area contributed by atoms with Gasteiger partial charge in [-0.2, -0.15) is 0 Å². The van der Waals surface area contributed by atoms with Crippen LogP contribution < -0.4 is 5.32 Å². The van der Waals surface area contributed by atoms with Gasteiger partial charge in [0.05, 0.1) is 5.41 Å². The van der Waals surface area contributed by atoms with Crippen molar-refractivity contribution in [3.63, 3.8) is 0 Å². The molecule has 5 nitrogen and oxygen atoms in total. The third-order valence-corrected chi connectivity index (χ3v) is 5.39. The summed E-state index contributed by atoms with van der Waals surface area (Å²) < 4.78 is 0. The molecule has 5 heteroatoms. The summed E-state index contributed by atoms with van der Waals surface area (Å²) in [6.45, 7) is 1.11. The fourth-order valence-corrected chi connectivity index (χ4v) is 3.84. The van der Waals surface area contributed by atoms with Gasteiger partial charge in [0.1, 0.15) is 0 Å². The number of likely N-dealkylation sites (tertiary alicyclic amines) is 1. The lowest BCUT2D eigenvalue weighted by atomic mass is 9.96. The van der Waals surface area contributed by atoms with Crippen LogP contribution in [-0.4, -0.2) is 41.1 Å². The number of hydrogen-bond donors (Lipinski definition) is 2. The Labute approximate surface area is 119 Å². The second-order valence-electron chi connectivity index (χ2n) is 6.69. The Morgan fingerprint density at radius 2 is 1.85 bits per heavy atom. The van der Waals surface area contributed by atoms with Gasteiger partial charge in [0.15, 0.2) is 0 Å². The number of aliphatic carboxylic acids is 1. The maximum absolute atomic E-state index is 12.3. The van der Waals surface area contributed by atoms with Crippen LogP contribution >= 0.6 is 0 Å². The fourth-order valence-electron chi connectivity index (χ4n) is 3.84. The first-order valence-corrected chi connectivity index (χ1v) is 7.90. The first-order valence-electron chi connectivity index (χ1n) is 7.90. The number of carboxylic acids is 1. The van der Waals surface area contributed by atoms with Crippen molar-refractivity contribution in [2.45, 2.75) is 57.4 Å². The monoisotopic (exact) mass is 280 g/mol. The third-order valence-electron chi connectivity index (χ3n) is 5.39. The van der Waals surface area contributed by atoms with Crippen molar-refractivity contribution in [1.82, 2.24) is 10.2 Å². The van der Waals surface area contributed by atoms with Gasteiger partial charge in [0.2, 0.25) is 0 Å². The SMILES string of the molecule is O=C(NCC1(C(=O)O)CC1)N1CCCC1C1CCCC1. The Morgan fingerprint density at radius 1 is 1.15 bits per heavy atom. The second-order valence-corrected chi connectivity index (χ2v) is 6.69. The summed E-state index contributed by atoms with van der Waals surface area (Å²) >= 11 is 0. The molecule has 20 heavy (non-hydrogen) atoms. The number of carbonyl (C=O) groups is 2. The normalized spacial score (nSPS) is 28.6. The number of amides is 2. The minimum Gasteiger partial charge on any atom is -0.481 e. The summed E-state index contributed by atoms with van der Waals surface area (Å²) in [6.07, 6.45) is 8.64. The van der Waals surface area contributed by atoms with Gasteiger partial charge in [-0.1, -0.05) is 12.8 Å². The lowest BCUT2D eigenvalue weighted by molar-refractivity contribution is -0.143. The topological polar surface area (TPSA) is 69.6 Å². The largest absolute Gasteiger partial charge is 0.481 e. The van der Waals surface area contributed by atoms with Crippen molar-refractivity contribution >= 4 is 12.0 Å². The van der Waals surface area contributed by atoms with E-state index >= 15 is 0 Å². The number of rotatable bonds is 4. The van der Waals surface area contributed by atoms with Gasteiger partial charge in [-0.3, -0.25) is 4.79 Å². The molecular formula is C15H24N2O3. The highest BCUT2D eigenvalue weighted by atomic mass is 16.4. The molecule has 0 spiro atoms. The highest BCUT2D eigenvalue weighted by Crippen LogP contribution is 2.45. The number of urea groups is 1. The van der Waals surface area contributed by atoms with E-state index in [1.807, 2.05) is 4.90 Å². The van der Waals surface area contributed by atoms with Gasteiger partial charge in [0.25, 0.3) is 0 Å². The number of nitrogens with zero attached hydrogens (tertiary/aromatic N) is 1. The van der Waals surface area contributed by atoms with Gasteiger partial charge in [-0.05, 0) is 44.4 Å².